The van der Waals surface area contributed by atoms with Gasteiger partial charge in [-0.1, -0.05) is 40.2 Å². The molecule has 1 amide bonds. The van der Waals surface area contributed by atoms with E-state index < -0.39 is 10.0 Å². The van der Waals surface area contributed by atoms with Crippen LogP contribution >= 0.6 is 0 Å². The third kappa shape index (κ3) is 7.08. The molecule has 0 bridgehead atoms. The number of nitrogens with zero attached hydrogens (tertiary/aromatic N) is 2. The summed E-state index contributed by atoms with van der Waals surface area (Å²) < 4.78 is 27.5. The predicted molar refractivity (Wildman–Crippen MR) is 119 cm³/mol. The zero-order valence-electron chi connectivity index (χ0n) is 18.6. The maximum atomic E-state index is 13.0. The zero-order valence-corrected chi connectivity index (χ0v) is 19.4. The lowest BCUT2D eigenvalue weighted by Gasteiger charge is -2.26. The van der Waals surface area contributed by atoms with Gasteiger partial charge < -0.3 is 5.32 Å². The molecule has 1 aromatic rings. The average molecular weight is 424 g/mol. The highest BCUT2D eigenvalue weighted by atomic mass is 32.2. The number of anilines is 1. The van der Waals surface area contributed by atoms with Crippen LogP contribution < -0.4 is 5.32 Å². The van der Waals surface area contributed by atoms with Crippen LogP contribution in [0.1, 0.15) is 52.5 Å². The first kappa shape index (κ1) is 23.8. The number of amides is 1. The summed E-state index contributed by atoms with van der Waals surface area (Å²) >= 11 is 0. The largest absolute Gasteiger partial charge is 0.325 e. The van der Waals surface area contributed by atoms with Gasteiger partial charge in [-0.15, -0.1) is 0 Å². The first-order valence-corrected chi connectivity index (χ1v) is 12.2. The summed E-state index contributed by atoms with van der Waals surface area (Å²) in [6, 6.07) is 5.01. The molecule has 0 saturated carbocycles. The predicted octanol–water partition coefficient (Wildman–Crippen LogP) is 3.72. The molecule has 0 spiro atoms. The van der Waals surface area contributed by atoms with Gasteiger partial charge in [-0.3, -0.25) is 9.69 Å². The minimum Gasteiger partial charge on any atom is -0.325 e. The van der Waals surface area contributed by atoms with Crippen molar-refractivity contribution >= 4 is 21.6 Å². The Morgan fingerprint density at radius 2 is 1.66 bits per heavy atom. The molecule has 1 aliphatic rings. The number of sulfonamides is 1. The number of hydrogen-bond donors (Lipinski definition) is 1. The molecule has 1 aliphatic heterocycles. The quantitative estimate of drug-likeness (QED) is 0.657. The Bertz CT molecular complexity index is 774. The summed E-state index contributed by atoms with van der Waals surface area (Å²) in [5, 5.41) is 2.94. The van der Waals surface area contributed by atoms with Gasteiger partial charge in [-0.2, -0.15) is 4.31 Å². The smallest absolute Gasteiger partial charge is 0.243 e. The second-order valence-electron chi connectivity index (χ2n) is 8.97. The number of benzene rings is 1. The molecule has 0 radical (unpaired) electrons. The molecule has 1 heterocycles. The summed E-state index contributed by atoms with van der Waals surface area (Å²) in [7, 11) is -3.52. The molecule has 1 fully saturated rings. The molecule has 0 unspecified atom stereocenters. The maximum absolute atomic E-state index is 13.0. The minimum atomic E-state index is -3.52. The number of piperidine rings is 1. The van der Waals surface area contributed by atoms with Gasteiger partial charge in [-0.05, 0) is 49.3 Å². The fourth-order valence-electron chi connectivity index (χ4n) is 3.78. The van der Waals surface area contributed by atoms with E-state index in [2.05, 4.69) is 37.9 Å². The molecule has 7 heteroatoms. The van der Waals surface area contributed by atoms with Gasteiger partial charge in [0.1, 0.15) is 0 Å². The lowest BCUT2D eigenvalue weighted by atomic mass is 10.1. The Kier molecular flexibility index (Phi) is 8.67. The van der Waals surface area contributed by atoms with Crippen molar-refractivity contribution in [2.24, 2.45) is 11.8 Å². The van der Waals surface area contributed by atoms with Crippen LogP contribution in [0.4, 0.5) is 5.69 Å². The van der Waals surface area contributed by atoms with Crippen molar-refractivity contribution in [2.75, 3.05) is 38.0 Å². The van der Waals surface area contributed by atoms with Crippen LogP contribution in [0.3, 0.4) is 0 Å². The fourth-order valence-corrected chi connectivity index (χ4v) is 5.32. The number of carbonyl (C=O) groups excluding carboxylic acids is 1. The SMILES string of the molecule is Cc1ccc(S(=O)(=O)N2CCCCC2)cc1NC(=O)CN(CC(C)C)CC(C)C. The number of rotatable bonds is 9. The van der Waals surface area contributed by atoms with Gasteiger partial charge in [0.15, 0.2) is 0 Å². The molecular weight excluding hydrogens is 386 g/mol. The van der Waals surface area contributed by atoms with Gasteiger partial charge >= 0.3 is 0 Å². The summed E-state index contributed by atoms with van der Waals surface area (Å²) in [4.78, 5) is 15.1. The Morgan fingerprint density at radius 3 is 2.21 bits per heavy atom. The van der Waals surface area contributed by atoms with Gasteiger partial charge in [-0.25, -0.2) is 8.42 Å². The monoisotopic (exact) mass is 423 g/mol. The van der Waals surface area contributed by atoms with E-state index in [-0.39, 0.29) is 10.8 Å². The Hall–Kier alpha value is -1.44. The van der Waals surface area contributed by atoms with E-state index in [1.54, 1.807) is 22.5 Å². The lowest BCUT2D eigenvalue weighted by Crippen LogP contribution is -2.38. The summed E-state index contributed by atoms with van der Waals surface area (Å²) in [6.45, 7) is 13.6. The van der Waals surface area contributed by atoms with E-state index in [0.29, 0.717) is 37.2 Å². The molecule has 2 rings (SSSR count). The molecule has 29 heavy (non-hydrogen) atoms. The van der Waals surface area contributed by atoms with Gasteiger partial charge in [0.2, 0.25) is 15.9 Å². The molecule has 0 aromatic heterocycles. The highest BCUT2D eigenvalue weighted by Crippen LogP contribution is 2.25. The van der Waals surface area contributed by atoms with E-state index in [1.807, 2.05) is 6.92 Å². The minimum absolute atomic E-state index is 0.109. The van der Waals surface area contributed by atoms with Crippen LogP contribution in [0.15, 0.2) is 23.1 Å². The zero-order chi connectivity index (χ0) is 21.6. The highest BCUT2D eigenvalue weighted by Gasteiger charge is 2.26. The van der Waals surface area contributed by atoms with Crippen LogP contribution in [0.25, 0.3) is 0 Å². The van der Waals surface area contributed by atoms with Gasteiger partial charge in [0.25, 0.3) is 0 Å². The van der Waals surface area contributed by atoms with Crippen molar-refractivity contribution in [3.05, 3.63) is 23.8 Å². The lowest BCUT2D eigenvalue weighted by molar-refractivity contribution is -0.117. The Balaban J connectivity index is 2.13. The fraction of sp³-hybridized carbons (Fsp3) is 0.682. The van der Waals surface area contributed by atoms with Crippen molar-refractivity contribution in [2.45, 2.75) is 58.8 Å². The number of carbonyl (C=O) groups is 1. The van der Waals surface area contributed by atoms with Crippen LogP contribution in [-0.4, -0.2) is 56.3 Å². The first-order valence-electron chi connectivity index (χ1n) is 10.7. The van der Waals surface area contributed by atoms with Crippen molar-refractivity contribution in [1.82, 2.24) is 9.21 Å². The van der Waals surface area contributed by atoms with Crippen molar-refractivity contribution in [3.8, 4) is 0 Å². The van der Waals surface area contributed by atoms with Crippen LogP contribution in [0, 0.1) is 18.8 Å². The van der Waals surface area contributed by atoms with Crippen molar-refractivity contribution in [1.29, 1.82) is 0 Å². The topological polar surface area (TPSA) is 69.7 Å². The molecular formula is C22H37N3O3S. The highest BCUT2D eigenvalue weighted by molar-refractivity contribution is 7.89. The van der Waals surface area contributed by atoms with E-state index >= 15 is 0 Å². The van der Waals surface area contributed by atoms with E-state index in [4.69, 9.17) is 0 Å². The Labute approximate surface area is 176 Å². The van der Waals surface area contributed by atoms with Crippen molar-refractivity contribution in [3.63, 3.8) is 0 Å². The molecule has 0 aliphatic carbocycles. The van der Waals surface area contributed by atoms with E-state index in [1.165, 1.54) is 0 Å². The number of aryl methyl sites for hydroxylation is 1. The normalized spacial score (nSPS) is 16.0. The maximum Gasteiger partial charge on any atom is 0.243 e. The summed E-state index contributed by atoms with van der Waals surface area (Å²) in [5.74, 6) is 0.838. The Morgan fingerprint density at radius 1 is 1.07 bits per heavy atom. The van der Waals surface area contributed by atoms with Crippen LogP contribution in [0.5, 0.6) is 0 Å². The molecule has 6 nitrogen and oxygen atoms in total. The summed E-state index contributed by atoms with van der Waals surface area (Å²) in [5.41, 5.74) is 1.43. The van der Waals surface area contributed by atoms with Crippen LogP contribution in [0.2, 0.25) is 0 Å². The molecule has 1 saturated heterocycles. The van der Waals surface area contributed by atoms with Gasteiger partial charge in [0, 0.05) is 31.9 Å². The third-order valence-corrected chi connectivity index (χ3v) is 6.94. The summed E-state index contributed by atoms with van der Waals surface area (Å²) in [6.07, 6.45) is 2.87. The number of nitrogens with one attached hydrogen (secondary N) is 1. The van der Waals surface area contributed by atoms with Crippen molar-refractivity contribution < 1.29 is 13.2 Å². The number of hydrogen-bond acceptors (Lipinski definition) is 4. The average Bonchev–Trinajstić information content (AvgIpc) is 2.63. The van der Waals surface area contributed by atoms with Crippen LogP contribution in [-0.2, 0) is 14.8 Å². The second kappa shape index (κ2) is 10.5. The van der Waals surface area contributed by atoms with E-state index in [0.717, 1.165) is 37.9 Å². The molecule has 1 aromatic carbocycles. The third-order valence-electron chi connectivity index (χ3n) is 5.05. The van der Waals surface area contributed by atoms with E-state index in [9.17, 15) is 13.2 Å². The van der Waals surface area contributed by atoms with Gasteiger partial charge in [0.05, 0.1) is 11.4 Å². The molecule has 164 valence electrons. The standard InChI is InChI=1S/C22H37N3O3S/c1-17(2)14-24(15-18(3)4)16-22(26)23-21-13-20(10-9-19(21)5)29(27,28)25-11-7-6-8-12-25/h9-10,13,17-18H,6-8,11-12,14-16H2,1-5H3,(H,23,26). The molecule has 1 N–H and O–H groups in total. The molecule has 0 atom stereocenters. The second-order valence-corrected chi connectivity index (χ2v) is 10.9. The first-order chi connectivity index (χ1) is 13.6.